The summed E-state index contributed by atoms with van der Waals surface area (Å²) in [5, 5.41) is 1.92. The third-order valence-electron chi connectivity index (χ3n) is 5.69. The molecule has 152 valence electrons. The first-order chi connectivity index (χ1) is 14.6. The zero-order valence-electron chi connectivity index (χ0n) is 16.6. The average molecular weight is 420 g/mol. The molecule has 6 nitrogen and oxygen atoms in total. The summed E-state index contributed by atoms with van der Waals surface area (Å²) in [6.07, 6.45) is 9.55. The highest BCUT2D eigenvalue weighted by atomic mass is 32.2. The lowest BCUT2D eigenvalue weighted by atomic mass is 9.83. The standard InChI is InChI=1S/C23H21N3O3S/c1-13-25-19-11-16(10-17(21(19)29-13)15-5-3-2-4-6-15)18-8-7-14(12-24-18)9-20-22(27)26-23(28)30-20/h7-12,15H,2-6H2,1H3,(H,26,27,28). The number of thioether (sulfide) groups is 1. The second-order valence-corrected chi connectivity index (χ2v) is 8.83. The number of oxazole rings is 1. The van der Waals surface area contributed by atoms with E-state index in [1.165, 1.54) is 37.7 Å². The Hall–Kier alpha value is -2.93. The Bertz CT molecular complexity index is 1170. The van der Waals surface area contributed by atoms with Crippen molar-refractivity contribution >= 4 is 40.1 Å². The Balaban J connectivity index is 1.50. The van der Waals surface area contributed by atoms with Crippen molar-refractivity contribution in [1.82, 2.24) is 15.3 Å². The highest BCUT2D eigenvalue weighted by Gasteiger charge is 2.25. The molecular formula is C23H21N3O3S. The van der Waals surface area contributed by atoms with Crippen molar-refractivity contribution in [3.05, 3.63) is 52.4 Å². The molecule has 2 amide bonds. The minimum Gasteiger partial charge on any atom is -0.441 e. The van der Waals surface area contributed by atoms with E-state index < -0.39 is 0 Å². The summed E-state index contributed by atoms with van der Waals surface area (Å²) in [6.45, 7) is 1.88. The third kappa shape index (κ3) is 3.65. The molecule has 2 fully saturated rings. The molecule has 1 N–H and O–H groups in total. The summed E-state index contributed by atoms with van der Waals surface area (Å²) in [5.74, 6) is 0.807. The van der Waals surface area contributed by atoms with Gasteiger partial charge in [0.2, 0.25) is 0 Å². The van der Waals surface area contributed by atoms with Crippen LogP contribution in [0.5, 0.6) is 0 Å². The summed E-state index contributed by atoms with van der Waals surface area (Å²) >= 11 is 0.906. The van der Waals surface area contributed by atoms with Gasteiger partial charge in [0.25, 0.3) is 11.1 Å². The highest BCUT2D eigenvalue weighted by Crippen LogP contribution is 2.39. The zero-order valence-corrected chi connectivity index (χ0v) is 17.4. The Morgan fingerprint density at radius 1 is 1.17 bits per heavy atom. The lowest BCUT2D eigenvalue weighted by Gasteiger charge is -2.22. The maximum atomic E-state index is 11.7. The van der Waals surface area contributed by atoms with Crippen molar-refractivity contribution in [3.63, 3.8) is 0 Å². The van der Waals surface area contributed by atoms with Crippen molar-refractivity contribution in [2.24, 2.45) is 0 Å². The number of hydrogen-bond donors (Lipinski definition) is 1. The fourth-order valence-corrected chi connectivity index (χ4v) is 4.95. The lowest BCUT2D eigenvalue weighted by molar-refractivity contribution is -0.115. The van der Waals surface area contributed by atoms with E-state index in [1.807, 2.05) is 25.1 Å². The molecule has 1 aliphatic heterocycles. The molecule has 0 bridgehead atoms. The van der Waals surface area contributed by atoms with Crippen LogP contribution in [0.15, 0.2) is 39.8 Å². The normalized spacial score (nSPS) is 19.0. The number of aromatic nitrogens is 2. The smallest absolute Gasteiger partial charge is 0.290 e. The summed E-state index contributed by atoms with van der Waals surface area (Å²) in [7, 11) is 0. The fraction of sp³-hybridized carbons (Fsp3) is 0.304. The largest absolute Gasteiger partial charge is 0.441 e. The number of hydrogen-bond acceptors (Lipinski definition) is 6. The number of imide groups is 1. The van der Waals surface area contributed by atoms with E-state index in [0.29, 0.717) is 16.7 Å². The summed E-state index contributed by atoms with van der Waals surface area (Å²) in [6, 6.07) is 8.06. The molecule has 1 aromatic carbocycles. The topological polar surface area (TPSA) is 85.1 Å². The molecule has 1 aliphatic carbocycles. The number of carbonyl (C=O) groups is 2. The number of aryl methyl sites for hydroxylation is 1. The number of benzene rings is 1. The molecule has 7 heteroatoms. The van der Waals surface area contributed by atoms with E-state index in [9.17, 15) is 9.59 Å². The number of amides is 2. The lowest BCUT2D eigenvalue weighted by Crippen LogP contribution is -2.17. The van der Waals surface area contributed by atoms with Gasteiger partial charge in [-0.3, -0.25) is 19.9 Å². The van der Waals surface area contributed by atoms with E-state index >= 15 is 0 Å². The van der Waals surface area contributed by atoms with E-state index in [1.54, 1.807) is 12.3 Å². The first-order valence-corrected chi connectivity index (χ1v) is 11.0. The quantitative estimate of drug-likeness (QED) is 0.559. The van der Waals surface area contributed by atoms with Gasteiger partial charge in [-0.05, 0) is 60.4 Å². The third-order valence-corrected chi connectivity index (χ3v) is 6.50. The second kappa shape index (κ2) is 7.72. The molecule has 2 aliphatic rings. The molecule has 0 atom stereocenters. The first kappa shape index (κ1) is 19.1. The van der Waals surface area contributed by atoms with Gasteiger partial charge in [0, 0.05) is 24.2 Å². The SMILES string of the molecule is Cc1nc2cc(-c3ccc(C=C4SC(=O)NC4=O)cn3)cc(C3CCCCC3)c2o1. The van der Waals surface area contributed by atoms with Gasteiger partial charge < -0.3 is 4.42 Å². The molecule has 5 rings (SSSR count). The minimum absolute atomic E-state index is 0.345. The molecule has 0 radical (unpaired) electrons. The van der Waals surface area contributed by atoms with Crippen molar-refractivity contribution in [2.45, 2.75) is 44.9 Å². The van der Waals surface area contributed by atoms with Gasteiger partial charge in [-0.2, -0.15) is 0 Å². The summed E-state index contributed by atoms with van der Waals surface area (Å²) < 4.78 is 5.95. The van der Waals surface area contributed by atoms with Crippen LogP contribution in [0.25, 0.3) is 28.4 Å². The van der Waals surface area contributed by atoms with Gasteiger partial charge in [0.15, 0.2) is 11.5 Å². The van der Waals surface area contributed by atoms with Crippen molar-refractivity contribution in [1.29, 1.82) is 0 Å². The Morgan fingerprint density at radius 3 is 2.70 bits per heavy atom. The van der Waals surface area contributed by atoms with Gasteiger partial charge >= 0.3 is 0 Å². The molecule has 2 aromatic heterocycles. The monoisotopic (exact) mass is 419 g/mol. The molecule has 3 heterocycles. The Labute approximate surface area is 178 Å². The fourth-order valence-electron chi connectivity index (χ4n) is 4.27. The second-order valence-electron chi connectivity index (χ2n) is 7.81. The van der Waals surface area contributed by atoms with Crippen LogP contribution in [0.1, 0.15) is 55.0 Å². The molecule has 1 saturated heterocycles. The van der Waals surface area contributed by atoms with Crippen LogP contribution < -0.4 is 5.32 Å². The van der Waals surface area contributed by atoms with E-state index in [-0.39, 0.29) is 11.1 Å². The highest BCUT2D eigenvalue weighted by molar-refractivity contribution is 8.18. The molecule has 3 aromatic rings. The van der Waals surface area contributed by atoms with Crippen LogP contribution in [0, 0.1) is 6.92 Å². The van der Waals surface area contributed by atoms with Crippen LogP contribution in [-0.2, 0) is 4.79 Å². The number of nitrogens with zero attached hydrogens (tertiary/aromatic N) is 2. The predicted molar refractivity (Wildman–Crippen MR) is 117 cm³/mol. The van der Waals surface area contributed by atoms with Gasteiger partial charge in [0.1, 0.15) is 5.52 Å². The maximum Gasteiger partial charge on any atom is 0.290 e. The van der Waals surface area contributed by atoms with Crippen LogP contribution in [-0.4, -0.2) is 21.1 Å². The van der Waals surface area contributed by atoms with Crippen LogP contribution in [0.2, 0.25) is 0 Å². The van der Waals surface area contributed by atoms with Crippen LogP contribution in [0.4, 0.5) is 4.79 Å². The molecule has 30 heavy (non-hydrogen) atoms. The van der Waals surface area contributed by atoms with Crippen molar-refractivity contribution in [2.75, 3.05) is 0 Å². The maximum absolute atomic E-state index is 11.7. The summed E-state index contributed by atoms with van der Waals surface area (Å²) in [5.41, 5.74) is 5.63. The van der Waals surface area contributed by atoms with Gasteiger partial charge in [-0.15, -0.1) is 0 Å². The van der Waals surface area contributed by atoms with Gasteiger partial charge in [0.05, 0.1) is 10.6 Å². The van der Waals surface area contributed by atoms with E-state index in [0.717, 1.165) is 39.7 Å². The van der Waals surface area contributed by atoms with Gasteiger partial charge in [-0.25, -0.2) is 4.98 Å². The number of nitrogens with one attached hydrogen (secondary N) is 1. The molecule has 0 spiro atoms. The molecular weight excluding hydrogens is 398 g/mol. The van der Waals surface area contributed by atoms with Crippen LogP contribution in [0.3, 0.4) is 0 Å². The van der Waals surface area contributed by atoms with Crippen LogP contribution >= 0.6 is 11.8 Å². The van der Waals surface area contributed by atoms with Crippen molar-refractivity contribution < 1.29 is 14.0 Å². The zero-order chi connectivity index (χ0) is 20.7. The summed E-state index contributed by atoms with van der Waals surface area (Å²) in [4.78, 5) is 32.6. The first-order valence-electron chi connectivity index (χ1n) is 10.2. The van der Waals surface area contributed by atoms with E-state index in [4.69, 9.17) is 4.42 Å². The number of pyridine rings is 1. The molecule has 0 unspecified atom stereocenters. The van der Waals surface area contributed by atoms with Gasteiger partial charge in [-0.1, -0.05) is 25.3 Å². The van der Waals surface area contributed by atoms with Crippen molar-refractivity contribution in [3.8, 4) is 11.3 Å². The number of fused-ring (bicyclic) bond motifs is 1. The Morgan fingerprint density at radius 2 is 2.00 bits per heavy atom. The number of carbonyl (C=O) groups excluding carboxylic acids is 2. The molecule has 1 saturated carbocycles. The predicted octanol–water partition coefficient (Wildman–Crippen LogP) is 5.57. The minimum atomic E-state index is -0.363. The Kier molecular flexibility index (Phi) is 4.90. The average Bonchev–Trinajstić information content (AvgIpc) is 3.28. The van der Waals surface area contributed by atoms with E-state index in [2.05, 4.69) is 21.4 Å². The number of rotatable bonds is 3.